The highest BCUT2D eigenvalue weighted by Gasteiger charge is 2.17. The van der Waals surface area contributed by atoms with Crippen molar-refractivity contribution in [1.82, 2.24) is 15.4 Å². The topological polar surface area (TPSA) is 82.3 Å². The molecule has 1 aromatic heterocycles. The number of nitrogens with two attached hydrogens (primary N) is 1. The van der Waals surface area contributed by atoms with Crippen molar-refractivity contribution in [2.75, 3.05) is 13.7 Å². The van der Waals surface area contributed by atoms with Crippen LogP contribution >= 0.6 is 0 Å². The molecule has 1 heterocycles. The van der Waals surface area contributed by atoms with Crippen molar-refractivity contribution in [2.24, 2.45) is 5.84 Å². The molecule has 3 N–H and O–H groups in total. The summed E-state index contributed by atoms with van der Waals surface area (Å²) in [6, 6.07) is 7.74. The predicted octanol–water partition coefficient (Wildman–Crippen LogP) is 1.77. The molecule has 1 unspecified atom stereocenters. The van der Waals surface area contributed by atoms with E-state index in [4.69, 9.17) is 15.3 Å². The summed E-state index contributed by atoms with van der Waals surface area (Å²) in [5.74, 6) is 6.92. The molecule has 0 aliphatic heterocycles. The fourth-order valence-electron chi connectivity index (χ4n) is 2.03. The van der Waals surface area contributed by atoms with Crippen LogP contribution in [0.15, 0.2) is 36.7 Å². The number of ether oxygens (including phenoxy) is 2. The van der Waals surface area contributed by atoms with Gasteiger partial charge in [0.05, 0.1) is 19.8 Å². The first kappa shape index (κ1) is 15.2. The Morgan fingerprint density at radius 3 is 2.81 bits per heavy atom. The van der Waals surface area contributed by atoms with Crippen molar-refractivity contribution in [3.8, 4) is 11.6 Å². The molecule has 6 heteroatoms. The van der Waals surface area contributed by atoms with Gasteiger partial charge in [0.15, 0.2) is 0 Å². The highest BCUT2D eigenvalue weighted by Crippen LogP contribution is 2.22. The van der Waals surface area contributed by atoms with E-state index in [2.05, 4.69) is 15.4 Å². The van der Waals surface area contributed by atoms with Gasteiger partial charge in [-0.25, -0.2) is 4.98 Å². The normalized spacial score (nSPS) is 12.0. The molecular weight excluding hydrogens is 268 g/mol. The predicted molar refractivity (Wildman–Crippen MR) is 79.9 cm³/mol. The van der Waals surface area contributed by atoms with Gasteiger partial charge in [-0.15, -0.1) is 0 Å². The third-order valence-electron chi connectivity index (χ3n) is 3.08. The second-order valence-electron chi connectivity index (χ2n) is 4.62. The van der Waals surface area contributed by atoms with Crippen molar-refractivity contribution in [2.45, 2.75) is 19.4 Å². The molecule has 0 fully saturated rings. The lowest BCUT2D eigenvalue weighted by Crippen LogP contribution is -2.30. The molecule has 1 aromatic carbocycles. The fraction of sp³-hybridized carbons (Fsp3) is 0.333. The second kappa shape index (κ2) is 7.56. The second-order valence-corrected chi connectivity index (χ2v) is 4.62. The van der Waals surface area contributed by atoms with Crippen LogP contribution in [-0.2, 0) is 0 Å². The number of nitrogens with zero attached hydrogens (tertiary/aromatic N) is 2. The van der Waals surface area contributed by atoms with Crippen molar-refractivity contribution in [3.05, 3.63) is 47.9 Å². The van der Waals surface area contributed by atoms with Crippen LogP contribution in [0.1, 0.15) is 23.7 Å². The van der Waals surface area contributed by atoms with Crippen LogP contribution in [0, 0.1) is 6.92 Å². The molecule has 2 rings (SSSR count). The van der Waals surface area contributed by atoms with Gasteiger partial charge in [-0.2, -0.15) is 0 Å². The zero-order valence-electron chi connectivity index (χ0n) is 12.2. The Balaban J connectivity index is 1.96. The monoisotopic (exact) mass is 288 g/mol. The smallest absolute Gasteiger partial charge is 0.237 e. The largest absolute Gasteiger partial charge is 0.494 e. The third kappa shape index (κ3) is 4.14. The SMILES string of the molecule is COc1nccnc1C(CCOc1cccc(C)c1)NN. The van der Waals surface area contributed by atoms with Gasteiger partial charge in [0, 0.05) is 18.8 Å². The summed E-state index contributed by atoms with van der Waals surface area (Å²) >= 11 is 0. The molecular formula is C15H20N4O2. The maximum Gasteiger partial charge on any atom is 0.237 e. The summed E-state index contributed by atoms with van der Waals surface area (Å²) in [6.45, 7) is 2.54. The van der Waals surface area contributed by atoms with E-state index in [0.29, 0.717) is 24.6 Å². The molecule has 1 atom stereocenters. The lowest BCUT2D eigenvalue weighted by atomic mass is 10.1. The van der Waals surface area contributed by atoms with Gasteiger partial charge in [-0.3, -0.25) is 16.3 Å². The average molecular weight is 288 g/mol. The van der Waals surface area contributed by atoms with Crippen molar-refractivity contribution in [3.63, 3.8) is 0 Å². The first-order chi connectivity index (χ1) is 10.2. The van der Waals surface area contributed by atoms with E-state index in [9.17, 15) is 0 Å². The number of benzene rings is 1. The average Bonchev–Trinajstić information content (AvgIpc) is 2.52. The van der Waals surface area contributed by atoms with Crippen molar-refractivity contribution >= 4 is 0 Å². The van der Waals surface area contributed by atoms with Gasteiger partial charge in [-0.05, 0) is 24.6 Å². The van der Waals surface area contributed by atoms with Crippen molar-refractivity contribution < 1.29 is 9.47 Å². The van der Waals surface area contributed by atoms with Crippen LogP contribution in [0.3, 0.4) is 0 Å². The molecule has 0 spiro atoms. The summed E-state index contributed by atoms with van der Waals surface area (Å²) < 4.78 is 10.9. The number of rotatable bonds is 7. The van der Waals surface area contributed by atoms with Gasteiger partial charge in [0.25, 0.3) is 0 Å². The Bertz CT molecular complexity index is 577. The molecule has 6 nitrogen and oxygen atoms in total. The number of methoxy groups -OCH3 is 1. The van der Waals surface area contributed by atoms with E-state index in [1.165, 1.54) is 0 Å². The molecule has 0 aliphatic rings. The molecule has 21 heavy (non-hydrogen) atoms. The third-order valence-corrected chi connectivity index (χ3v) is 3.08. The number of nitrogens with one attached hydrogen (secondary N) is 1. The number of hydrazine groups is 1. The first-order valence-electron chi connectivity index (χ1n) is 6.75. The Kier molecular flexibility index (Phi) is 5.48. The molecule has 0 amide bonds. The van der Waals surface area contributed by atoms with Crippen molar-refractivity contribution in [1.29, 1.82) is 0 Å². The van der Waals surface area contributed by atoms with Crippen LogP contribution in [0.5, 0.6) is 11.6 Å². The lowest BCUT2D eigenvalue weighted by molar-refractivity contribution is 0.281. The van der Waals surface area contributed by atoms with Gasteiger partial charge in [0.2, 0.25) is 5.88 Å². The summed E-state index contributed by atoms with van der Waals surface area (Å²) in [7, 11) is 1.56. The van der Waals surface area contributed by atoms with Crippen LogP contribution in [-0.4, -0.2) is 23.7 Å². The zero-order valence-corrected chi connectivity index (χ0v) is 12.2. The van der Waals surface area contributed by atoms with Gasteiger partial charge in [-0.1, -0.05) is 12.1 Å². The molecule has 0 saturated heterocycles. The fourth-order valence-corrected chi connectivity index (χ4v) is 2.03. The molecule has 0 radical (unpaired) electrons. The van der Waals surface area contributed by atoms with E-state index < -0.39 is 0 Å². The Morgan fingerprint density at radius 1 is 1.29 bits per heavy atom. The maximum absolute atomic E-state index is 5.73. The molecule has 0 aliphatic carbocycles. The van der Waals surface area contributed by atoms with Gasteiger partial charge in [0.1, 0.15) is 11.4 Å². The number of hydrogen-bond donors (Lipinski definition) is 2. The first-order valence-corrected chi connectivity index (χ1v) is 6.75. The van der Waals surface area contributed by atoms with E-state index in [1.807, 2.05) is 31.2 Å². The molecule has 2 aromatic rings. The lowest BCUT2D eigenvalue weighted by Gasteiger charge is -2.17. The Hall–Kier alpha value is -2.18. The Morgan fingerprint density at radius 2 is 2.10 bits per heavy atom. The van der Waals surface area contributed by atoms with Gasteiger partial charge >= 0.3 is 0 Å². The minimum atomic E-state index is -0.182. The number of aryl methyl sites for hydroxylation is 1. The van der Waals surface area contributed by atoms with E-state index in [0.717, 1.165) is 11.3 Å². The number of aromatic nitrogens is 2. The minimum absolute atomic E-state index is 0.182. The quantitative estimate of drug-likeness (QED) is 0.597. The van der Waals surface area contributed by atoms with Gasteiger partial charge < -0.3 is 9.47 Å². The highest BCUT2D eigenvalue weighted by molar-refractivity contribution is 5.27. The minimum Gasteiger partial charge on any atom is -0.494 e. The summed E-state index contributed by atoms with van der Waals surface area (Å²) in [6.07, 6.45) is 3.85. The summed E-state index contributed by atoms with van der Waals surface area (Å²) in [4.78, 5) is 8.40. The van der Waals surface area contributed by atoms with E-state index >= 15 is 0 Å². The van der Waals surface area contributed by atoms with Crippen LogP contribution < -0.4 is 20.7 Å². The summed E-state index contributed by atoms with van der Waals surface area (Å²) in [5.41, 5.74) is 4.57. The molecule has 0 bridgehead atoms. The Labute approximate surface area is 124 Å². The maximum atomic E-state index is 5.73. The molecule has 112 valence electrons. The highest BCUT2D eigenvalue weighted by atomic mass is 16.5. The molecule has 0 saturated carbocycles. The van der Waals surface area contributed by atoms with Crippen LogP contribution in [0.4, 0.5) is 0 Å². The zero-order chi connectivity index (χ0) is 15.1. The number of hydrogen-bond acceptors (Lipinski definition) is 6. The van der Waals surface area contributed by atoms with E-state index in [1.54, 1.807) is 19.5 Å². The van der Waals surface area contributed by atoms with Crippen LogP contribution in [0.25, 0.3) is 0 Å². The summed E-state index contributed by atoms with van der Waals surface area (Å²) in [5, 5.41) is 0. The van der Waals surface area contributed by atoms with E-state index in [-0.39, 0.29) is 6.04 Å². The standard InChI is InChI=1S/C15H20N4O2/c1-11-4-3-5-12(10-11)21-9-6-13(19-16)14-15(20-2)18-8-7-17-14/h3-5,7-8,10,13,19H,6,9,16H2,1-2H3. The van der Waals surface area contributed by atoms with Crippen LogP contribution in [0.2, 0.25) is 0 Å².